The van der Waals surface area contributed by atoms with Crippen molar-refractivity contribution in [1.29, 1.82) is 0 Å². The van der Waals surface area contributed by atoms with Crippen LogP contribution in [0.25, 0.3) is 0 Å². The monoisotopic (exact) mass is 145 g/mol. The van der Waals surface area contributed by atoms with Gasteiger partial charge in [-0.15, -0.1) is 0 Å². The van der Waals surface area contributed by atoms with E-state index in [9.17, 15) is 0 Å². The fourth-order valence-electron chi connectivity index (χ4n) is 0.496. The van der Waals surface area contributed by atoms with Crippen LogP contribution in [0.3, 0.4) is 0 Å². The first-order chi connectivity index (χ1) is 5.41. The smallest absolute Gasteiger partial charge is 0.0467 e. The average molecular weight is 145 g/mol. The lowest BCUT2D eigenvalue weighted by Gasteiger charge is -1.71. The summed E-state index contributed by atoms with van der Waals surface area (Å²) in [7, 11) is 0. The van der Waals surface area contributed by atoms with Gasteiger partial charge in [-0.3, -0.25) is 0 Å². The minimum atomic E-state index is 1.50. The highest BCUT2D eigenvalue weighted by atomic mass is 13.7. The number of rotatable bonds is 4. The van der Waals surface area contributed by atoms with E-state index in [1.54, 1.807) is 6.08 Å². The first-order valence-electron chi connectivity index (χ1n) is 3.58. The molecule has 57 valence electrons. The third kappa shape index (κ3) is 8.70. The molecule has 1 radical (unpaired) electrons. The normalized spacial score (nSPS) is 12.8. The zero-order valence-electron chi connectivity index (χ0n) is 6.77. The quantitative estimate of drug-likeness (QED) is 0.533. The Balaban J connectivity index is 3.59. The Morgan fingerprint density at radius 3 is 1.64 bits per heavy atom. The van der Waals surface area contributed by atoms with Crippen LogP contribution in [0.2, 0.25) is 0 Å². The molecule has 0 amide bonds. The molecule has 0 saturated carbocycles. The van der Waals surface area contributed by atoms with Crippen LogP contribution in [-0.2, 0) is 0 Å². The van der Waals surface area contributed by atoms with Crippen molar-refractivity contribution in [2.24, 2.45) is 0 Å². The molecule has 0 aromatic carbocycles. The van der Waals surface area contributed by atoms with Crippen molar-refractivity contribution in [3.8, 4) is 0 Å². The van der Waals surface area contributed by atoms with E-state index in [0.717, 1.165) is 0 Å². The largest absolute Gasteiger partial charge is 0.0877 e. The molecule has 0 nitrogen and oxygen atoms in total. The SMILES string of the molecule is [CH]=CC=CC=CC=CC=CC. The van der Waals surface area contributed by atoms with Crippen molar-refractivity contribution in [3.63, 3.8) is 0 Å². The fourth-order valence-corrected chi connectivity index (χ4v) is 0.496. The van der Waals surface area contributed by atoms with E-state index < -0.39 is 0 Å². The van der Waals surface area contributed by atoms with Gasteiger partial charge in [0.25, 0.3) is 0 Å². The standard InChI is InChI=1S/C11H13/c1-3-5-7-9-11-10-8-6-4-2/h1,3-11H,2H3. The lowest BCUT2D eigenvalue weighted by atomic mass is 10.4. The van der Waals surface area contributed by atoms with Crippen molar-refractivity contribution in [2.75, 3.05) is 0 Å². The minimum absolute atomic E-state index is 1.50. The molecule has 0 spiro atoms. The van der Waals surface area contributed by atoms with Crippen LogP contribution < -0.4 is 0 Å². The minimum Gasteiger partial charge on any atom is -0.0877 e. The average Bonchev–Trinajstić information content (AvgIpc) is 2.03. The molecule has 0 heterocycles. The lowest BCUT2D eigenvalue weighted by molar-refractivity contribution is 1.73. The maximum Gasteiger partial charge on any atom is -0.0467 e. The third-order valence-corrected chi connectivity index (χ3v) is 0.970. The summed E-state index contributed by atoms with van der Waals surface area (Å²) in [5.41, 5.74) is 0. The highest BCUT2D eigenvalue weighted by molar-refractivity contribution is 5.16. The Morgan fingerprint density at radius 1 is 0.727 bits per heavy atom. The summed E-state index contributed by atoms with van der Waals surface area (Å²) < 4.78 is 0. The van der Waals surface area contributed by atoms with Crippen LogP contribution in [0.1, 0.15) is 6.92 Å². The van der Waals surface area contributed by atoms with Gasteiger partial charge in [-0.1, -0.05) is 61.3 Å². The molecule has 0 aliphatic carbocycles. The molecule has 0 saturated heterocycles. The van der Waals surface area contributed by atoms with Gasteiger partial charge in [0.1, 0.15) is 0 Å². The highest BCUT2D eigenvalue weighted by Gasteiger charge is 1.59. The summed E-state index contributed by atoms with van der Waals surface area (Å²) in [4.78, 5) is 0. The van der Waals surface area contributed by atoms with Crippen LogP contribution in [0.15, 0.2) is 54.7 Å². The van der Waals surface area contributed by atoms with E-state index in [1.165, 1.54) is 6.08 Å². The number of hydrogen-bond donors (Lipinski definition) is 0. The molecule has 0 heteroatoms. The van der Waals surface area contributed by atoms with Gasteiger partial charge in [0.15, 0.2) is 0 Å². The fraction of sp³-hybridized carbons (Fsp3) is 0.0909. The summed E-state index contributed by atoms with van der Waals surface area (Å²) in [5, 5.41) is 0. The molecule has 0 aliphatic rings. The lowest BCUT2D eigenvalue weighted by Crippen LogP contribution is -1.50. The van der Waals surface area contributed by atoms with Crippen LogP contribution >= 0.6 is 0 Å². The van der Waals surface area contributed by atoms with Gasteiger partial charge in [-0.25, -0.2) is 0 Å². The van der Waals surface area contributed by atoms with Crippen LogP contribution in [0.5, 0.6) is 0 Å². The van der Waals surface area contributed by atoms with Crippen molar-refractivity contribution < 1.29 is 0 Å². The zero-order valence-corrected chi connectivity index (χ0v) is 6.77. The van der Waals surface area contributed by atoms with E-state index in [1.807, 2.05) is 49.5 Å². The summed E-state index contributed by atoms with van der Waals surface area (Å²) >= 11 is 0. The van der Waals surface area contributed by atoms with Gasteiger partial charge in [-0.05, 0) is 6.92 Å². The van der Waals surface area contributed by atoms with Gasteiger partial charge >= 0.3 is 0 Å². The van der Waals surface area contributed by atoms with Gasteiger partial charge in [0.2, 0.25) is 0 Å². The Kier molecular flexibility index (Phi) is 7.67. The number of hydrogen-bond acceptors (Lipinski definition) is 0. The molecule has 0 aliphatic heterocycles. The summed E-state index contributed by atoms with van der Waals surface area (Å²) in [5.74, 6) is 0. The van der Waals surface area contributed by atoms with Crippen molar-refractivity contribution in [2.45, 2.75) is 6.92 Å². The second kappa shape index (κ2) is 8.70. The van der Waals surface area contributed by atoms with Gasteiger partial charge in [-0.2, -0.15) is 0 Å². The topological polar surface area (TPSA) is 0 Å². The molecular weight excluding hydrogens is 132 g/mol. The summed E-state index contributed by atoms with van der Waals surface area (Å²) in [6.45, 7) is 7.10. The summed E-state index contributed by atoms with van der Waals surface area (Å²) in [6, 6.07) is 0. The Bertz CT molecular complexity index is 190. The first kappa shape index (κ1) is 9.70. The van der Waals surface area contributed by atoms with Gasteiger partial charge in [0, 0.05) is 0 Å². The number of allylic oxidation sites excluding steroid dienone is 9. The van der Waals surface area contributed by atoms with Crippen molar-refractivity contribution in [3.05, 3.63) is 61.3 Å². The molecule has 0 aromatic heterocycles. The second-order valence-corrected chi connectivity index (χ2v) is 1.87. The van der Waals surface area contributed by atoms with Crippen LogP contribution in [-0.4, -0.2) is 0 Å². The Morgan fingerprint density at radius 2 is 1.18 bits per heavy atom. The highest BCUT2D eigenvalue weighted by Crippen LogP contribution is 1.81. The molecular formula is C11H13. The van der Waals surface area contributed by atoms with Crippen LogP contribution in [0, 0.1) is 6.58 Å². The third-order valence-electron chi connectivity index (χ3n) is 0.970. The van der Waals surface area contributed by atoms with Gasteiger partial charge in [0.05, 0.1) is 0 Å². The maximum absolute atomic E-state index is 5.12. The van der Waals surface area contributed by atoms with E-state index in [0.29, 0.717) is 0 Å². The molecule has 0 unspecified atom stereocenters. The first-order valence-corrected chi connectivity index (χ1v) is 3.58. The zero-order chi connectivity index (χ0) is 8.36. The Hall–Kier alpha value is -1.30. The van der Waals surface area contributed by atoms with E-state index in [4.69, 9.17) is 6.58 Å². The molecule has 0 aromatic rings. The summed E-state index contributed by atoms with van der Waals surface area (Å²) in [6.07, 6.45) is 16.9. The van der Waals surface area contributed by atoms with Gasteiger partial charge < -0.3 is 0 Å². The second-order valence-electron chi connectivity index (χ2n) is 1.87. The Labute approximate surface area is 68.9 Å². The van der Waals surface area contributed by atoms with E-state index in [2.05, 4.69) is 0 Å². The molecule has 0 rings (SSSR count). The van der Waals surface area contributed by atoms with Crippen LogP contribution in [0.4, 0.5) is 0 Å². The predicted molar refractivity (Wildman–Crippen MR) is 51.1 cm³/mol. The van der Waals surface area contributed by atoms with E-state index >= 15 is 0 Å². The molecule has 0 bridgehead atoms. The molecule has 0 fully saturated rings. The van der Waals surface area contributed by atoms with Crippen molar-refractivity contribution in [1.82, 2.24) is 0 Å². The van der Waals surface area contributed by atoms with E-state index in [-0.39, 0.29) is 0 Å². The molecule has 11 heavy (non-hydrogen) atoms. The predicted octanol–water partition coefficient (Wildman–Crippen LogP) is 3.22. The van der Waals surface area contributed by atoms with Crippen molar-refractivity contribution >= 4 is 0 Å². The maximum atomic E-state index is 5.12. The molecule has 0 atom stereocenters. The molecule has 0 N–H and O–H groups in total.